The zero-order chi connectivity index (χ0) is 16.9. The van der Waals surface area contributed by atoms with E-state index in [2.05, 4.69) is 4.98 Å². The number of carbonyl (C=O) groups is 1. The fourth-order valence-electron chi connectivity index (χ4n) is 2.14. The van der Waals surface area contributed by atoms with Crippen LogP contribution in [0.25, 0.3) is 10.9 Å². The Morgan fingerprint density at radius 2 is 1.79 bits per heavy atom. The van der Waals surface area contributed by atoms with E-state index in [0.717, 1.165) is 10.9 Å². The predicted molar refractivity (Wildman–Crippen MR) is 93.5 cm³/mol. The molecular formula is C18H13Cl2NO3. The van der Waals surface area contributed by atoms with E-state index in [1.165, 1.54) is 0 Å². The van der Waals surface area contributed by atoms with Crippen molar-refractivity contribution in [1.82, 2.24) is 4.98 Å². The van der Waals surface area contributed by atoms with E-state index in [1.807, 2.05) is 30.3 Å². The molecule has 4 nitrogen and oxygen atoms in total. The molecule has 6 heteroatoms. The molecule has 0 atom stereocenters. The molecule has 1 heterocycles. The van der Waals surface area contributed by atoms with E-state index in [-0.39, 0.29) is 13.2 Å². The van der Waals surface area contributed by atoms with Crippen molar-refractivity contribution >= 4 is 40.1 Å². The molecule has 0 spiro atoms. The zero-order valence-corrected chi connectivity index (χ0v) is 14.1. The number of esters is 1. The predicted octanol–water partition coefficient (Wildman–Crippen LogP) is 4.66. The molecule has 2 aromatic carbocycles. The summed E-state index contributed by atoms with van der Waals surface area (Å²) in [6.45, 7) is -0.205. The molecule has 0 aliphatic rings. The van der Waals surface area contributed by atoms with E-state index in [1.54, 1.807) is 24.3 Å². The summed E-state index contributed by atoms with van der Waals surface area (Å²) in [6.07, 6.45) is 0. The van der Waals surface area contributed by atoms with Crippen LogP contribution in [0.15, 0.2) is 54.6 Å². The van der Waals surface area contributed by atoms with Gasteiger partial charge in [0.05, 0.1) is 10.5 Å². The summed E-state index contributed by atoms with van der Waals surface area (Å²) in [4.78, 5) is 16.1. The summed E-state index contributed by atoms with van der Waals surface area (Å²) in [5, 5.41) is 1.68. The Morgan fingerprint density at radius 1 is 1.04 bits per heavy atom. The minimum atomic E-state index is -0.515. The van der Waals surface area contributed by atoms with E-state index in [4.69, 9.17) is 32.7 Å². The number of ether oxygens (including phenoxy) is 2. The summed E-state index contributed by atoms with van der Waals surface area (Å²) < 4.78 is 10.5. The van der Waals surface area contributed by atoms with Crippen molar-refractivity contribution in [2.45, 2.75) is 6.61 Å². The molecule has 0 fully saturated rings. The number of halogens is 2. The number of aromatic nitrogens is 1. The van der Waals surface area contributed by atoms with Crippen molar-refractivity contribution in [1.29, 1.82) is 0 Å². The van der Waals surface area contributed by atoms with Crippen LogP contribution in [-0.2, 0) is 16.1 Å². The van der Waals surface area contributed by atoms with E-state index in [9.17, 15) is 4.79 Å². The number of hydrogen-bond acceptors (Lipinski definition) is 4. The second-order valence-corrected chi connectivity index (χ2v) is 5.78. The third kappa shape index (κ3) is 3.96. The first kappa shape index (κ1) is 16.6. The monoisotopic (exact) mass is 361 g/mol. The third-order valence-corrected chi connectivity index (χ3v) is 3.96. The maximum Gasteiger partial charge on any atom is 0.344 e. The first-order valence-electron chi connectivity index (χ1n) is 7.20. The summed E-state index contributed by atoms with van der Waals surface area (Å²) in [5.74, 6) is -0.0827. The Morgan fingerprint density at radius 3 is 2.62 bits per heavy atom. The minimum Gasteiger partial charge on any atom is -0.480 e. The van der Waals surface area contributed by atoms with Crippen LogP contribution in [0.5, 0.6) is 5.75 Å². The van der Waals surface area contributed by atoms with Crippen molar-refractivity contribution in [3.8, 4) is 5.75 Å². The van der Waals surface area contributed by atoms with Crippen LogP contribution in [0, 0.1) is 0 Å². The van der Waals surface area contributed by atoms with Gasteiger partial charge in [-0.3, -0.25) is 0 Å². The molecule has 0 unspecified atom stereocenters. The Kier molecular flexibility index (Phi) is 5.18. The SMILES string of the molecule is O=C(COc1ccccc1Cl)OCc1cc2ccccc2nc1Cl. The fourth-order valence-corrected chi connectivity index (χ4v) is 2.53. The van der Waals surface area contributed by atoms with Crippen molar-refractivity contribution in [3.05, 3.63) is 70.3 Å². The molecule has 0 aliphatic carbocycles. The summed E-state index contributed by atoms with van der Waals surface area (Å²) >= 11 is 12.1. The highest BCUT2D eigenvalue weighted by Crippen LogP contribution is 2.23. The second kappa shape index (κ2) is 7.51. The lowest BCUT2D eigenvalue weighted by Gasteiger charge is -2.09. The van der Waals surface area contributed by atoms with Gasteiger partial charge >= 0.3 is 5.97 Å². The number of pyridine rings is 1. The fraction of sp³-hybridized carbons (Fsp3) is 0.111. The minimum absolute atomic E-state index is 0.0291. The highest BCUT2D eigenvalue weighted by atomic mass is 35.5. The van der Waals surface area contributed by atoms with Gasteiger partial charge in [-0.05, 0) is 24.3 Å². The quantitative estimate of drug-likeness (QED) is 0.489. The average Bonchev–Trinajstić information content (AvgIpc) is 2.59. The van der Waals surface area contributed by atoms with E-state index >= 15 is 0 Å². The van der Waals surface area contributed by atoms with Gasteiger partial charge in [0.2, 0.25) is 0 Å². The highest BCUT2D eigenvalue weighted by Gasteiger charge is 2.10. The van der Waals surface area contributed by atoms with Crippen LogP contribution in [-0.4, -0.2) is 17.6 Å². The van der Waals surface area contributed by atoms with Gasteiger partial charge in [-0.1, -0.05) is 53.5 Å². The molecule has 3 aromatic rings. The molecule has 24 heavy (non-hydrogen) atoms. The number of para-hydroxylation sites is 2. The first-order valence-corrected chi connectivity index (χ1v) is 7.96. The van der Waals surface area contributed by atoms with Gasteiger partial charge < -0.3 is 9.47 Å². The van der Waals surface area contributed by atoms with Crippen LogP contribution in [0.2, 0.25) is 10.2 Å². The molecule has 0 N–H and O–H groups in total. The Hall–Kier alpha value is -2.30. The number of benzene rings is 2. The average molecular weight is 362 g/mol. The van der Waals surface area contributed by atoms with E-state index in [0.29, 0.717) is 21.5 Å². The van der Waals surface area contributed by atoms with Crippen LogP contribution in [0.1, 0.15) is 5.56 Å². The summed E-state index contributed by atoms with van der Waals surface area (Å²) in [7, 11) is 0. The smallest absolute Gasteiger partial charge is 0.344 e. The van der Waals surface area contributed by atoms with Crippen LogP contribution in [0.4, 0.5) is 0 Å². The maximum absolute atomic E-state index is 11.8. The van der Waals surface area contributed by atoms with Gasteiger partial charge in [0.15, 0.2) is 6.61 Å². The molecule has 0 aliphatic heterocycles. The second-order valence-electron chi connectivity index (χ2n) is 5.01. The number of hydrogen-bond donors (Lipinski definition) is 0. The lowest BCUT2D eigenvalue weighted by Crippen LogP contribution is -2.15. The molecular weight excluding hydrogens is 349 g/mol. The van der Waals surface area contributed by atoms with Gasteiger partial charge in [-0.2, -0.15) is 0 Å². The van der Waals surface area contributed by atoms with Crippen molar-refractivity contribution in [3.63, 3.8) is 0 Å². The van der Waals surface area contributed by atoms with E-state index < -0.39 is 5.97 Å². The molecule has 122 valence electrons. The first-order chi connectivity index (χ1) is 11.6. The topological polar surface area (TPSA) is 48.4 Å². The largest absolute Gasteiger partial charge is 0.480 e. The van der Waals surface area contributed by atoms with Gasteiger partial charge in [0, 0.05) is 10.9 Å². The zero-order valence-electron chi connectivity index (χ0n) is 12.5. The molecule has 0 radical (unpaired) electrons. The van der Waals surface area contributed by atoms with Gasteiger partial charge in [0.25, 0.3) is 0 Å². The molecule has 0 amide bonds. The summed E-state index contributed by atoms with van der Waals surface area (Å²) in [5.41, 5.74) is 1.43. The van der Waals surface area contributed by atoms with Crippen LogP contribution in [0.3, 0.4) is 0 Å². The Bertz CT molecular complexity index is 883. The van der Waals surface area contributed by atoms with Gasteiger partial charge in [-0.15, -0.1) is 0 Å². The lowest BCUT2D eigenvalue weighted by atomic mass is 10.2. The van der Waals surface area contributed by atoms with Gasteiger partial charge in [-0.25, -0.2) is 9.78 Å². The van der Waals surface area contributed by atoms with Gasteiger partial charge in [0.1, 0.15) is 17.5 Å². The number of rotatable bonds is 5. The van der Waals surface area contributed by atoms with Crippen LogP contribution < -0.4 is 4.74 Å². The van der Waals surface area contributed by atoms with Crippen molar-refractivity contribution in [2.75, 3.05) is 6.61 Å². The standard InChI is InChI=1S/C18H13Cl2NO3/c19-14-6-2-4-8-16(14)23-11-17(22)24-10-13-9-12-5-1-3-7-15(12)21-18(13)20/h1-9H,10-11H2. The van der Waals surface area contributed by atoms with Crippen molar-refractivity contribution < 1.29 is 14.3 Å². The number of fused-ring (bicyclic) bond motifs is 1. The molecule has 3 rings (SSSR count). The molecule has 1 aromatic heterocycles. The Balaban J connectivity index is 1.60. The van der Waals surface area contributed by atoms with Crippen molar-refractivity contribution in [2.24, 2.45) is 0 Å². The molecule has 0 bridgehead atoms. The number of carbonyl (C=O) groups excluding carboxylic acids is 1. The summed E-state index contributed by atoms with van der Waals surface area (Å²) in [6, 6.07) is 16.4. The lowest BCUT2D eigenvalue weighted by molar-refractivity contribution is -0.147. The normalized spacial score (nSPS) is 10.6. The molecule has 0 saturated carbocycles. The maximum atomic E-state index is 11.8. The molecule has 0 saturated heterocycles. The van der Waals surface area contributed by atoms with Crippen LogP contribution >= 0.6 is 23.2 Å². The Labute approximate surface area is 148 Å². The highest BCUT2D eigenvalue weighted by molar-refractivity contribution is 6.32. The third-order valence-electron chi connectivity index (χ3n) is 3.32. The number of nitrogens with zero attached hydrogens (tertiary/aromatic N) is 1.